The van der Waals surface area contributed by atoms with Crippen LogP contribution in [0.25, 0.3) is 43.6 Å². The summed E-state index contributed by atoms with van der Waals surface area (Å²) in [7, 11) is 0. The van der Waals surface area contributed by atoms with Gasteiger partial charge < -0.3 is 15.2 Å². The minimum atomic E-state index is -0.307. The van der Waals surface area contributed by atoms with Crippen LogP contribution in [0.5, 0.6) is 11.5 Å². The van der Waals surface area contributed by atoms with Gasteiger partial charge in [-0.25, -0.2) is 0 Å². The molecule has 0 amide bonds. The summed E-state index contributed by atoms with van der Waals surface area (Å²) < 4.78 is 0. The predicted molar refractivity (Wildman–Crippen MR) is 122 cm³/mol. The number of rotatable bonds is 3. The molecule has 4 nitrogen and oxygen atoms in total. The van der Waals surface area contributed by atoms with Crippen molar-refractivity contribution in [2.24, 2.45) is 0 Å². The number of fused-ring (bicyclic) bond motifs is 1. The number of aromatic hydroxyl groups is 2. The van der Waals surface area contributed by atoms with Crippen molar-refractivity contribution in [2.45, 2.75) is 0 Å². The molecule has 5 rings (SSSR count). The highest BCUT2D eigenvalue weighted by atomic mass is 32.1. The summed E-state index contributed by atoms with van der Waals surface area (Å²) in [6.07, 6.45) is 0. The number of pyridine rings is 1. The molecule has 3 N–H and O–H groups in total. The summed E-state index contributed by atoms with van der Waals surface area (Å²) in [5.74, 6) is 0.219. The average Bonchev–Trinajstić information content (AvgIpc) is 3.19. The first-order valence-corrected chi connectivity index (χ1v) is 10.3. The molecule has 5 aromatic rings. The van der Waals surface area contributed by atoms with E-state index in [1.165, 1.54) is 11.3 Å². The van der Waals surface area contributed by atoms with E-state index in [1.54, 1.807) is 12.1 Å². The van der Waals surface area contributed by atoms with Gasteiger partial charge >= 0.3 is 0 Å². The van der Waals surface area contributed by atoms with Crippen LogP contribution >= 0.6 is 11.3 Å². The van der Waals surface area contributed by atoms with Crippen LogP contribution in [0.1, 0.15) is 0 Å². The third-order valence-electron chi connectivity index (χ3n) is 5.16. The molecule has 2 aromatic heterocycles. The summed E-state index contributed by atoms with van der Waals surface area (Å²) >= 11 is 1.39. The summed E-state index contributed by atoms with van der Waals surface area (Å²) in [6, 6.07) is 24.2. The lowest BCUT2D eigenvalue weighted by molar-refractivity contribution is 0.475. The normalized spacial score (nSPS) is 11.1. The molecule has 0 spiro atoms. The van der Waals surface area contributed by atoms with Crippen LogP contribution in [0.3, 0.4) is 0 Å². The predicted octanol–water partition coefficient (Wildman–Crippen LogP) is 6.00. The van der Waals surface area contributed by atoms with E-state index in [0.717, 1.165) is 22.3 Å². The van der Waals surface area contributed by atoms with Crippen LogP contribution in [-0.4, -0.2) is 15.2 Å². The monoisotopic (exact) mass is 411 g/mol. The minimum Gasteiger partial charge on any atom is -0.508 e. The van der Waals surface area contributed by atoms with E-state index in [9.17, 15) is 15.0 Å². The molecular weight excluding hydrogens is 394 g/mol. The van der Waals surface area contributed by atoms with Gasteiger partial charge in [-0.05, 0) is 34.4 Å². The van der Waals surface area contributed by atoms with Crippen molar-refractivity contribution in [2.75, 3.05) is 0 Å². The molecule has 0 aliphatic carbocycles. The average molecular weight is 411 g/mol. The Hall–Kier alpha value is -3.83. The van der Waals surface area contributed by atoms with E-state index in [4.69, 9.17) is 0 Å². The number of hydrogen-bond donors (Lipinski definition) is 3. The first kappa shape index (κ1) is 18.2. The first-order valence-electron chi connectivity index (χ1n) is 9.43. The van der Waals surface area contributed by atoms with Crippen LogP contribution < -0.4 is 5.56 Å². The van der Waals surface area contributed by atoms with E-state index in [1.807, 2.05) is 72.1 Å². The molecule has 0 radical (unpaired) electrons. The fraction of sp³-hybridized carbons (Fsp3) is 0. The number of benzene rings is 3. The number of phenolic OH excluding ortho intramolecular Hbond substituents is 1. The van der Waals surface area contributed by atoms with Crippen molar-refractivity contribution in [3.8, 4) is 44.9 Å². The number of aromatic amines is 1. The van der Waals surface area contributed by atoms with Crippen LogP contribution in [0.4, 0.5) is 0 Å². The number of hydrogen-bond acceptors (Lipinski definition) is 4. The topological polar surface area (TPSA) is 73.3 Å². The van der Waals surface area contributed by atoms with Crippen molar-refractivity contribution >= 4 is 21.6 Å². The van der Waals surface area contributed by atoms with E-state index in [2.05, 4.69) is 4.98 Å². The van der Waals surface area contributed by atoms with Gasteiger partial charge in [0, 0.05) is 10.9 Å². The number of nitrogens with one attached hydrogen (secondary N) is 1. The maximum absolute atomic E-state index is 12.6. The Balaban J connectivity index is 1.64. The van der Waals surface area contributed by atoms with Gasteiger partial charge in [-0.2, -0.15) is 0 Å². The molecule has 3 aromatic carbocycles. The lowest BCUT2D eigenvalue weighted by atomic mass is 9.98. The summed E-state index contributed by atoms with van der Waals surface area (Å²) in [6.45, 7) is 0. The van der Waals surface area contributed by atoms with Crippen molar-refractivity contribution in [1.29, 1.82) is 0 Å². The van der Waals surface area contributed by atoms with Gasteiger partial charge in [0.15, 0.2) is 0 Å². The van der Waals surface area contributed by atoms with Gasteiger partial charge in [0.2, 0.25) is 0 Å². The van der Waals surface area contributed by atoms with Gasteiger partial charge in [-0.3, -0.25) is 4.79 Å². The fourth-order valence-corrected chi connectivity index (χ4v) is 4.66. The smallest absolute Gasteiger partial charge is 0.260 e. The largest absolute Gasteiger partial charge is 0.508 e. The second kappa shape index (κ2) is 7.21. The quantitative estimate of drug-likeness (QED) is 0.341. The number of aromatic nitrogens is 1. The van der Waals surface area contributed by atoms with Crippen LogP contribution in [0.2, 0.25) is 0 Å². The Labute approximate surface area is 176 Å². The Morgan fingerprint density at radius 3 is 2.17 bits per heavy atom. The highest BCUT2D eigenvalue weighted by Crippen LogP contribution is 2.41. The Morgan fingerprint density at radius 1 is 0.733 bits per heavy atom. The first-order chi connectivity index (χ1) is 14.6. The number of phenols is 1. The zero-order chi connectivity index (χ0) is 20.7. The second-order valence-electron chi connectivity index (χ2n) is 7.02. The molecule has 0 unspecified atom stereocenters. The van der Waals surface area contributed by atoms with Gasteiger partial charge in [-0.1, -0.05) is 66.7 Å². The third kappa shape index (κ3) is 3.06. The highest BCUT2D eigenvalue weighted by Gasteiger charge is 2.18. The van der Waals surface area contributed by atoms with Crippen molar-refractivity contribution in [1.82, 2.24) is 4.98 Å². The minimum absolute atomic E-state index is 0.00624. The van der Waals surface area contributed by atoms with Crippen molar-refractivity contribution in [3.05, 3.63) is 94.6 Å². The number of thiophene rings is 1. The fourth-order valence-electron chi connectivity index (χ4n) is 3.70. The van der Waals surface area contributed by atoms with Gasteiger partial charge in [-0.15, -0.1) is 11.3 Å². The maximum atomic E-state index is 12.6. The lowest BCUT2D eigenvalue weighted by Crippen LogP contribution is -2.08. The molecule has 0 saturated heterocycles. The summed E-state index contributed by atoms with van der Waals surface area (Å²) in [5.41, 5.74) is 4.36. The Morgan fingerprint density at radius 2 is 1.43 bits per heavy atom. The second-order valence-corrected chi connectivity index (χ2v) is 7.90. The third-order valence-corrected chi connectivity index (χ3v) is 6.05. The summed E-state index contributed by atoms with van der Waals surface area (Å²) in [5, 5.41) is 23.3. The van der Waals surface area contributed by atoms with E-state index in [-0.39, 0.29) is 22.6 Å². The zero-order valence-electron chi connectivity index (χ0n) is 15.8. The van der Waals surface area contributed by atoms with Crippen LogP contribution in [-0.2, 0) is 0 Å². The molecule has 30 heavy (non-hydrogen) atoms. The van der Waals surface area contributed by atoms with Gasteiger partial charge in [0.1, 0.15) is 16.3 Å². The highest BCUT2D eigenvalue weighted by molar-refractivity contribution is 7.17. The Bertz CT molecular complexity index is 1420. The molecular formula is C25H17NO3S. The summed E-state index contributed by atoms with van der Waals surface area (Å²) in [4.78, 5) is 16.1. The van der Waals surface area contributed by atoms with Crippen LogP contribution in [0, 0.1) is 0 Å². The number of H-pyrrole nitrogens is 1. The Kier molecular flexibility index (Phi) is 4.38. The van der Waals surface area contributed by atoms with Crippen molar-refractivity contribution < 1.29 is 10.2 Å². The molecule has 5 heteroatoms. The van der Waals surface area contributed by atoms with Crippen molar-refractivity contribution in [3.63, 3.8) is 0 Å². The van der Waals surface area contributed by atoms with Crippen LogP contribution in [0.15, 0.2) is 89.0 Å². The van der Waals surface area contributed by atoms with E-state index >= 15 is 0 Å². The molecule has 0 bridgehead atoms. The molecule has 0 aliphatic heterocycles. The molecule has 2 heterocycles. The van der Waals surface area contributed by atoms with Gasteiger partial charge in [0.05, 0.1) is 10.9 Å². The molecule has 0 fully saturated rings. The maximum Gasteiger partial charge on any atom is 0.260 e. The van der Waals surface area contributed by atoms with E-state index in [0.29, 0.717) is 15.8 Å². The molecule has 0 aliphatic rings. The SMILES string of the molecule is O=c1[nH]c2scc(-c3ccc(-c4cccc(O)c4)cc3)c2c(O)c1-c1ccccc1. The zero-order valence-corrected chi connectivity index (χ0v) is 16.6. The van der Waals surface area contributed by atoms with E-state index < -0.39 is 0 Å². The molecule has 146 valence electrons. The lowest BCUT2D eigenvalue weighted by Gasteiger charge is -2.08. The van der Waals surface area contributed by atoms with Gasteiger partial charge in [0.25, 0.3) is 5.56 Å². The molecule has 0 atom stereocenters. The molecule has 0 saturated carbocycles. The standard InChI is InChI=1S/C25H17NO3S/c27-19-8-4-7-18(13-19)15-9-11-16(12-10-15)20-14-30-25-22(20)23(28)21(24(29)26-25)17-5-2-1-3-6-17/h1-14,27H,(H2,26,28,29).